The second-order valence-corrected chi connectivity index (χ2v) is 8.09. The van der Waals surface area contributed by atoms with E-state index in [1.165, 1.54) is 18.0 Å². The van der Waals surface area contributed by atoms with Gasteiger partial charge < -0.3 is 14.5 Å². The molecule has 5 rings (SSSR count). The van der Waals surface area contributed by atoms with Gasteiger partial charge in [0.05, 0.1) is 36.8 Å². The molecule has 1 aromatic carbocycles. The van der Waals surface area contributed by atoms with E-state index >= 15 is 0 Å². The first-order valence-electron chi connectivity index (χ1n) is 10.2. The Bertz CT molecular complexity index is 1160. The number of amides is 1. The molecule has 0 bridgehead atoms. The molecule has 2 fully saturated rings. The lowest BCUT2D eigenvalue weighted by Gasteiger charge is -2.23. The molecular weight excluding hydrogens is 398 g/mol. The molecule has 160 valence electrons. The Morgan fingerprint density at radius 1 is 1.10 bits per heavy atom. The number of methoxy groups -OCH3 is 1. The Labute approximate surface area is 178 Å². The lowest BCUT2D eigenvalue weighted by atomic mass is 10.0. The van der Waals surface area contributed by atoms with E-state index in [9.17, 15) is 9.59 Å². The number of H-pyrrole nitrogens is 1. The third-order valence-corrected chi connectivity index (χ3v) is 6.00. The molecule has 2 aliphatic rings. The molecule has 2 saturated heterocycles. The first-order valence-corrected chi connectivity index (χ1v) is 10.2. The minimum atomic E-state index is -0.241. The summed E-state index contributed by atoms with van der Waals surface area (Å²) < 4.78 is 5.12. The second kappa shape index (κ2) is 7.53. The summed E-state index contributed by atoms with van der Waals surface area (Å²) in [6.45, 7) is 4.75. The molecule has 2 aliphatic heterocycles. The highest BCUT2D eigenvalue weighted by molar-refractivity contribution is 5.98. The van der Waals surface area contributed by atoms with E-state index in [-0.39, 0.29) is 11.5 Å². The van der Waals surface area contributed by atoms with E-state index in [0.29, 0.717) is 48.0 Å². The van der Waals surface area contributed by atoms with Crippen LogP contribution in [0.5, 0.6) is 5.88 Å². The van der Waals surface area contributed by atoms with Crippen LogP contribution < -0.4 is 15.2 Å². The standard InChI is InChI=1S/C21H23N7O3/c1-13-3-4-17(28-22-5-6-23-28)16(7-13)20(30)26-9-14-11-27(12-15(14)10-26)21-24-18(29)8-19(25-21)31-2/h3-8,14-15H,9-12H2,1-2H3,(H,24,25,29). The maximum atomic E-state index is 13.4. The molecule has 10 nitrogen and oxygen atoms in total. The van der Waals surface area contributed by atoms with Crippen LogP contribution in [-0.2, 0) is 0 Å². The van der Waals surface area contributed by atoms with Crippen molar-refractivity contribution in [3.8, 4) is 11.6 Å². The van der Waals surface area contributed by atoms with Gasteiger partial charge in [-0.25, -0.2) is 0 Å². The molecule has 31 heavy (non-hydrogen) atoms. The maximum Gasteiger partial charge on any atom is 0.256 e. The number of hydrogen-bond donors (Lipinski definition) is 1. The van der Waals surface area contributed by atoms with Gasteiger partial charge in [0.2, 0.25) is 11.8 Å². The fraction of sp³-hybridized carbons (Fsp3) is 0.381. The number of hydrogen-bond acceptors (Lipinski definition) is 7. The third kappa shape index (κ3) is 3.54. The van der Waals surface area contributed by atoms with Crippen LogP contribution in [0.2, 0.25) is 0 Å². The van der Waals surface area contributed by atoms with Crippen molar-refractivity contribution >= 4 is 11.9 Å². The zero-order valence-corrected chi connectivity index (χ0v) is 17.4. The highest BCUT2D eigenvalue weighted by atomic mass is 16.5. The Hall–Kier alpha value is -3.69. The molecule has 2 atom stereocenters. The van der Waals surface area contributed by atoms with Gasteiger partial charge in [0.25, 0.3) is 11.5 Å². The second-order valence-electron chi connectivity index (χ2n) is 8.09. The van der Waals surface area contributed by atoms with E-state index in [1.54, 1.807) is 12.4 Å². The van der Waals surface area contributed by atoms with E-state index in [0.717, 1.165) is 18.7 Å². The van der Waals surface area contributed by atoms with Crippen molar-refractivity contribution in [2.24, 2.45) is 11.8 Å². The molecule has 4 heterocycles. The van der Waals surface area contributed by atoms with Crippen LogP contribution in [0.15, 0.2) is 41.5 Å². The topological polar surface area (TPSA) is 109 Å². The SMILES string of the molecule is COc1cc(=O)[nH]c(N2CC3CN(C(=O)c4cc(C)ccc4-n4nccn4)CC3C2)n1. The average molecular weight is 421 g/mol. The molecule has 3 aromatic rings. The van der Waals surface area contributed by atoms with Crippen LogP contribution in [0.3, 0.4) is 0 Å². The Morgan fingerprint density at radius 3 is 2.48 bits per heavy atom. The van der Waals surface area contributed by atoms with Crippen molar-refractivity contribution in [1.29, 1.82) is 0 Å². The number of rotatable bonds is 4. The van der Waals surface area contributed by atoms with Gasteiger partial charge in [-0.1, -0.05) is 11.6 Å². The lowest BCUT2D eigenvalue weighted by Crippen LogP contribution is -2.34. The summed E-state index contributed by atoms with van der Waals surface area (Å²) in [5.74, 6) is 1.44. The Morgan fingerprint density at radius 2 is 1.81 bits per heavy atom. The summed E-state index contributed by atoms with van der Waals surface area (Å²) in [5, 5.41) is 8.38. The Balaban J connectivity index is 1.33. The van der Waals surface area contributed by atoms with Crippen LogP contribution in [0.4, 0.5) is 5.95 Å². The summed E-state index contributed by atoms with van der Waals surface area (Å²) in [7, 11) is 1.49. The number of ether oxygens (including phenoxy) is 1. The fourth-order valence-electron chi connectivity index (χ4n) is 4.52. The van der Waals surface area contributed by atoms with Gasteiger partial charge in [-0.3, -0.25) is 14.6 Å². The van der Waals surface area contributed by atoms with E-state index < -0.39 is 0 Å². The molecule has 2 aromatic heterocycles. The monoisotopic (exact) mass is 421 g/mol. The summed E-state index contributed by atoms with van der Waals surface area (Å²) in [6, 6.07) is 7.06. The van der Waals surface area contributed by atoms with Crippen LogP contribution in [0.1, 0.15) is 15.9 Å². The number of aromatic nitrogens is 5. The van der Waals surface area contributed by atoms with Crippen molar-refractivity contribution in [3.63, 3.8) is 0 Å². The number of aryl methyl sites for hydroxylation is 1. The number of carbonyl (C=O) groups excluding carboxylic acids is 1. The zero-order chi connectivity index (χ0) is 21.5. The lowest BCUT2D eigenvalue weighted by molar-refractivity contribution is 0.0782. The van der Waals surface area contributed by atoms with Gasteiger partial charge in [-0.2, -0.15) is 20.0 Å². The molecule has 0 spiro atoms. The predicted octanol–water partition coefficient (Wildman–Crippen LogP) is 0.876. The minimum Gasteiger partial charge on any atom is -0.481 e. The number of benzene rings is 1. The molecule has 2 unspecified atom stereocenters. The first-order chi connectivity index (χ1) is 15.0. The first kappa shape index (κ1) is 19.3. The zero-order valence-electron chi connectivity index (χ0n) is 17.4. The smallest absolute Gasteiger partial charge is 0.256 e. The van der Waals surface area contributed by atoms with Crippen molar-refractivity contribution in [3.05, 3.63) is 58.1 Å². The molecular formula is C21H23N7O3. The number of nitrogens with one attached hydrogen (secondary N) is 1. The highest BCUT2D eigenvalue weighted by Crippen LogP contribution is 2.34. The number of carbonyl (C=O) groups is 1. The summed E-state index contributed by atoms with van der Waals surface area (Å²) >= 11 is 0. The largest absolute Gasteiger partial charge is 0.481 e. The maximum absolute atomic E-state index is 13.4. The van der Waals surface area contributed by atoms with Gasteiger partial charge in [0.1, 0.15) is 0 Å². The van der Waals surface area contributed by atoms with Crippen molar-refractivity contribution < 1.29 is 9.53 Å². The molecule has 10 heteroatoms. The number of aromatic amines is 1. The van der Waals surface area contributed by atoms with Gasteiger partial charge in [0.15, 0.2) is 0 Å². The van der Waals surface area contributed by atoms with E-state index in [4.69, 9.17) is 4.74 Å². The highest BCUT2D eigenvalue weighted by Gasteiger charge is 2.42. The summed E-state index contributed by atoms with van der Waals surface area (Å²) in [5.41, 5.74) is 2.05. The number of nitrogens with zero attached hydrogens (tertiary/aromatic N) is 6. The van der Waals surface area contributed by atoms with Gasteiger partial charge >= 0.3 is 0 Å². The predicted molar refractivity (Wildman–Crippen MR) is 113 cm³/mol. The van der Waals surface area contributed by atoms with Gasteiger partial charge in [-0.15, -0.1) is 0 Å². The minimum absolute atomic E-state index is 0.00939. The van der Waals surface area contributed by atoms with Gasteiger partial charge in [-0.05, 0) is 19.1 Å². The molecule has 1 amide bonds. The van der Waals surface area contributed by atoms with Crippen LogP contribution in [0, 0.1) is 18.8 Å². The van der Waals surface area contributed by atoms with Gasteiger partial charge in [0, 0.05) is 38.0 Å². The van der Waals surface area contributed by atoms with Crippen molar-refractivity contribution in [1.82, 2.24) is 29.9 Å². The van der Waals surface area contributed by atoms with E-state index in [1.807, 2.05) is 30.0 Å². The van der Waals surface area contributed by atoms with Crippen molar-refractivity contribution in [2.75, 3.05) is 38.2 Å². The van der Waals surface area contributed by atoms with Crippen LogP contribution in [-0.4, -0.2) is 69.1 Å². The fourth-order valence-corrected chi connectivity index (χ4v) is 4.52. The molecule has 0 aliphatic carbocycles. The van der Waals surface area contributed by atoms with Crippen LogP contribution >= 0.6 is 0 Å². The van der Waals surface area contributed by atoms with E-state index in [2.05, 4.69) is 25.1 Å². The molecule has 0 radical (unpaired) electrons. The number of likely N-dealkylation sites (tertiary alicyclic amines) is 1. The number of fused-ring (bicyclic) bond motifs is 1. The number of anilines is 1. The third-order valence-electron chi connectivity index (χ3n) is 6.00. The van der Waals surface area contributed by atoms with Crippen LogP contribution in [0.25, 0.3) is 5.69 Å². The quantitative estimate of drug-likeness (QED) is 0.666. The Kier molecular flexibility index (Phi) is 4.68. The summed E-state index contributed by atoms with van der Waals surface area (Å²) in [4.78, 5) is 37.9. The molecule has 1 N–H and O–H groups in total. The van der Waals surface area contributed by atoms with Crippen molar-refractivity contribution in [2.45, 2.75) is 6.92 Å². The average Bonchev–Trinajstić information content (AvgIpc) is 3.49. The summed E-state index contributed by atoms with van der Waals surface area (Å²) in [6.07, 6.45) is 3.19. The molecule has 0 saturated carbocycles. The normalized spacial score (nSPS) is 20.2.